The summed E-state index contributed by atoms with van der Waals surface area (Å²) in [4.78, 5) is 52.1. The number of imidazole rings is 2. The fourth-order valence-corrected chi connectivity index (χ4v) is 6.64. The number of amides is 2. The van der Waals surface area contributed by atoms with Crippen LogP contribution in [0.4, 0.5) is 9.59 Å². The molecule has 2 aliphatic heterocycles. The Labute approximate surface area is 212 Å². The van der Waals surface area contributed by atoms with Crippen molar-refractivity contribution in [2.45, 2.75) is 37.8 Å². The lowest BCUT2D eigenvalue weighted by molar-refractivity contribution is 0.138. The second-order valence-electron chi connectivity index (χ2n) is 8.69. The smallest absolute Gasteiger partial charge is 0.407 e. The zero-order chi connectivity index (χ0) is 24.8. The van der Waals surface area contributed by atoms with Crippen LogP contribution in [0.15, 0.2) is 24.8 Å². The highest BCUT2D eigenvalue weighted by atomic mass is 32.1. The molecule has 4 N–H and O–H groups in total. The maximum Gasteiger partial charge on any atom is 0.407 e. The second-order valence-corrected chi connectivity index (χ2v) is 10.8. The van der Waals surface area contributed by atoms with E-state index in [4.69, 9.17) is 0 Å². The Balaban J connectivity index is 1.19. The molecule has 2 amide bonds. The number of carbonyl (C=O) groups is 2. The number of hydrogen-bond acceptors (Lipinski definition) is 8. The van der Waals surface area contributed by atoms with Crippen molar-refractivity contribution in [1.29, 1.82) is 0 Å². The molecule has 0 radical (unpaired) electrons. The fourth-order valence-electron chi connectivity index (χ4n) is 4.81. The SMILES string of the molecule is O=C(O)N1CCCC1c1ncc(-c2ncc(-c3cnc(-c4cnc(C5CCCN5C(=O)O)[nH]4)s3)s2)[nH]1. The van der Waals surface area contributed by atoms with E-state index in [2.05, 4.69) is 29.9 Å². The van der Waals surface area contributed by atoms with Crippen LogP contribution < -0.4 is 0 Å². The van der Waals surface area contributed by atoms with Crippen LogP contribution >= 0.6 is 22.7 Å². The van der Waals surface area contributed by atoms with Crippen molar-refractivity contribution < 1.29 is 19.8 Å². The summed E-state index contributed by atoms with van der Waals surface area (Å²) in [5.74, 6) is 1.28. The van der Waals surface area contributed by atoms with Crippen molar-refractivity contribution >= 4 is 34.9 Å². The Morgan fingerprint density at radius 3 is 1.61 bits per heavy atom. The van der Waals surface area contributed by atoms with Gasteiger partial charge in [-0.15, -0.1) is 22.7 Å². The molecule has 0 saturated carbocycles. The summed E-state index contributed by atoms with van der Waals surface area (Å²) in [6.07, 6.45) is 8.24. The molecule has 2 aliphatic rings. The minimum atomic E-state index is -0.931. The highest BCUT2D eigenvalue weighted by molar-refractivity contribution is 7.24. The molecular formula is C22H22N8O4S2. The van der Waals surface area contributed by atoms with Gasteiger partial charge in [0, 0.05) is 25.5 Å². The number of nitrogens with zero attached hydrogens (tertiary/aromatic N) is 6. The Kier molecular flexibility index (Phi) is 5.68. The predicted molar refractivity (Wildman–Crippen MR) is 132 cm³/mol. The largest absolute Gasteiger partial charge is 0.465 e. The number of aromatic amines is 2. The van der Waals surface area contributed by atoms with Crippen molar-refractivity contribution in [3.8, 4) is 31.2 Å². The highest BCUT2D eigenvalue weighted by Crippen LogP contribution is 2.38. The van der Waals surface area contributed by atoms with Crippen LogP contribution in [0.25, 0.3) is 31.2 Å². The van der Waals surface area contributed by atoms with Crippen molar-refractivity contribution in [3.05, 3.63) is 36.4 Å². The number of H-pyrrole nitrogens is 2. The van der Waals surface area contributed by atoms with E-state index in [0.717, 1.165) is 56.8 Å². The summed E-state index contributed by atoms with van der Waals surface area (Å²) in [7, 11) is 0. The summed E-state index contributed by atoms with van der Waals surface area (Å²) in [6.45, 7) is 1.03. The normalized spacial score (nSPS) is 19.9. The Hall–Kier alpha value is -3.78. The van der Waals surface area contributed by atoms with Crippen molar-refractivity contribution in [2.24, 2.45) is 0 Å². The van der Waals surface area contributed by atoms with Gasteiger partial charge >= 0.3 is 12.2 Å². The molecule has 2 atom stereocenters. The summed E-state index contributed by atoms with van der Waals surface area (Å²) in [6, 6.07) is -0.517. The first-order valence-electron chi connectivity index (χ1n) is 11.5. The van der Waals surface area contributed by atoms with Gasteiger partial charge in [-0.05, 0) is 25.7 Å². The molecule has 2 saturated heterocycles. The van der Waals surface area contributed by atoms with E-state index in [-0.39, 0.29) is 12.1 Å². The van der Waals surface area contributed by atoms with Crippen LogP contribution in [-0.4, -0.2) is 75.2 Å². The van der Waals surface area contributed by atoms with Crippen LogP contribution in [0.3, 0.4) is 0 Å². The number of aromatic nitrogens is 6. The second kappa shape index (κ2) is 9.02. The third kappa shape index (κ3) is 4.01. The number of hydrogen-bond donors (Lipinski definition) is 4. The molecule has 36 heavy (non-hydrogen) atoms. The molecule has 12 nitrogen and oxygen atoms in total. The van der Waals surface area contributed by atoms with E-state index in [1.807, 2.05) is 0 Å². The summed E-state index contributed by atoms with van der Waals surface area (Å²) < 4.78 is 0. The third-order valence-electron chi connectivity index (χ3n) is 6.53. The van der Waals surface area contributed by atoms with Gasteiger partial charge in [0.1, 0.15) is 21.7 Å². The highest BCUT2D eigenvalue weighted by Gasteiger charge is 2.33. The molecule has 2 fully saturated rings. The van der Waals surface area contributed by atoms with Crippen LogP contribution in [0.5, 0.6) is 0 Å². The van der Waals surface area contributed by atoms with Gasteiger partial charge in [-0.1, -0.05) is 0 Å². The molecule has 2 unspecified atom stereocenters. The molecule has 6 heterocycles. The number of rotatable bonds is 5. The quantitative estimate of drug-likeness (QED) is 0.291. The number of thiazole rings is 2. The van der Waals surface area contributed by atoms with E-state index in [9.17, 15) is 19.8 Å². The maximum absolute atomic E-state index is 11.5. The lowest BCUT2D eigenvalue weighted by Crippen LogP contribution is -2.29. The lowest BCUT2D eigenvalue weighted by Gasteiger charge is -2.19. The van der Waals surface area contributed by atoms with Gasteiger partial charge in [-0.3, -0.25) is 9.80 Å². The van der Waals surface area contributed by atoms with Crippen LogP contribution in [0.2, 0.25) is 0 Å². The Bertz CT molecular complexity index is 1320. The molecule has 4 aromatic rings. The first kappa shape index (κ1) is 22.7. The Morgan fingerprint density at radius 1 is 0.750 bits per heavy atom. The van der Waals surface area contributed by atoms with Gasteiger partial charge in [0.25, 0.3) is 0 Å². The molecule has 4 aromatic heterocycles. The van der Waals surface area contributed by atoms with Crippen LogP contribution in [0.1, 0.15) is 49.4 Å². The first-order valence-corrected chi connectivity index (χ1v) is 13.1. The monoisotopic (exact) mass is 526 g/mol. The predicted octanol–water partition coefficient (Wildman–Crippen LogP) is 4.68. The van der Waals surface area contributed by atoms with Crippen molar-refractivity contribution in [2.75, 3.05) is 13.1 Å². The molecular weight excluding hydrogens is 504 g/mol. The van der Waals surface area contributed by atoms with Gasteiger partial charge in [-0.2, -0.15) is 0 Å². The summed E-state index contributed by atoms with van der Waals surface area (Å²) >= 11 is 3.00. The van der Waals surface area contributed by atoms with Crippen LogP contribution in [-0.2, 0) is 0 Å². The average molecular weight is 527 g/mol. The van der Waals surface area contributed by atoms with Gasteiger partial charge in [0.05, 0.1) is 45.6 Å². The molecule has 0 spiro atoms. The topological polar surface area (TPSA) is 164 Å². The standard InChI is InChI=1S/C22H22N8O4S2/c31-21(32)29-5-1-3-13(29)17-23-7-11(27-17)19-25-9-15(35-19)16-10-26-20(36-16)12-8-24-18(28-12)14-4-2-6-30(14)22(33)34/h7-10,13-14H,1-6H2,(H,23,27)(H,24,28)(H,31,32)(H,33,34). The number of nitrogens with one attached hydrogen (secondary N) is 2. The average Bonchev–Trinajstić information content (AvgIpc) is 3.71. The molecule has 186 valence electrons. The Morgan fingerprint density at radius 2 is 1.19 bits per heavy atom. The van der Waals surface area contributed by atoms with E-state index >= 15 is 0 Å². The molecule has 14 heteroatoms. The van der Waals surface area contributed by atoms with E-state index in [1.165, 1.54) is 32.5 Å². The van der Waals surface area contributed by atoms with Gasteiger partial charge < -0.3 is 20.2 Å². The van der Waals surface area contributed by atoms with Gasteiger partial charge in [0.2, 0.25) is 0 Å². The van der Waals surface area contributed by atoms with Gasteiger partial charge in [-0.25, -0.2) is 29.5 Å². The van der Waals surface area contributed by atoms with Crippen molar-refractivity contribution in [1.82, 2.24) is 39.7 Å². The number of carboxylic acid groups (broad SMARTS) is 2. The molecule has 0 aliphatic carbocycles. The minimum Gasteiger partial charge on any atom is -0.465 e. The molecule has 0 bridgehead atoms. The van der Waals surface area contributed by atoms with Crippen LogP contribution in [0, 0.1) is 0 Å². The zero-order valence-electron chi connectivity index (χ0n) is 18.9. The first-order chi connectivity index (χ1) is 17.5. The van der Waals surface area contributed by atoms with E-state index < -0.39 is 12.2 Å². The molecule has 6 rings (SSSR count). The van der Waals surface area contributed by atoms with E-state index in [0.29, 0.717) is 24.7 Å². The summed E-state index contributed by atoms with van der Waals surface area (Å²) in [5, 5.41) is 20.3. The maximum atomic E-state index is 11.5. The zero-order valence-corrected chi connectivity index (χ0v) is 20.6. The van der Waals surface area contributed by atoms with Gasteiger partial charge in [0.15, 0.2) is 0 Å². The lowest BCUT2D eigenvalue weighted by atomic mass is 10.2. The van der Waals surface area contributed by atoms with Crippen molar-refractivity contribution in [3.63, 3.8) is 0 Å². The molecule has 0 aromatic carbocycles. The minimum absolute atomic E-state index is 0.258. The third-order valence-corrected chi connectivity index (χ3v) is 8.79. The van der Waals surface area contributed by atoms with E-state index in [1.54, 1.807) is 24.8 Å². The summed E-state index contributed by atoms with van der Waals surface area (Å²) in [5.41, 5.74) is 1.50. The fraction of sp³-hybridized carbons (Fsp3) is 0.364. The number of likely N-dealkylation sites (tertiary alicyclic amines) is 2.